The molecule has 0 amide bonds. The van der Waals surface area contributed by atoms with E-state index in [1.807, 2.05) is 0 Å². The molecule has 6 heteroatoms. The van der Waals surface area contributed by atoms with Gasteiger partial charge < -0.3 is 5.11 Å². The Morgan fingerprint density at radius 2 is 2.20 bits per heavy atom. The average molecular weight is 274 g/mol. The van der Waals surface area contributed by atoms with E-state index in [-0.39, 0.29) is 5.65 Å². The van der Waals surface area contributed by atoms with Crippen molar-refractivity contribution < 1.29 is 9.50 Å². The molecule has 80 valence electrons. The van der Waals surface area contributed by atoms with Gasteiger partial charge in [-0.2, -0.15) is 4.98 Å². The molecule has 4 nitrogen and oxygen atoms in total. The second-order valence-electron chi connectivity index (χ2n) is 3.78. The van der Waals surface area contributed by atoms with Gasteiger partial charge in [0.15, 0.2) is 11.5 Å². The molecular formula is C9H9BrFN3O. The summed E-state index contributed by atoms with van der Waals surface area (Å²) in [4.78, 5) is 3.85. The molecule has 2 aromatic rings. The Morgan fingerprint density at radius 3 is 2.80 bits per heavy atom. The van der Waals surface area contributed by atoms with E-state index < -0.39 is 11.4 Å². The maximum atomic E-state index is 13.5. The number of rotatable bonds is 1. The number of aliphatic hydroxyl groups is 1. The molecule has 0 aliphatic rings. The van der Waals surface area contributed by atoms with Crippen LogP contribution in [0, 0.1) is 5.82 Å². The van der Waals surface area contributed by atoms with Crippen molar-refractivity contribution in [3.05, 3.63) is 28.4 Å². The summed E-state index contributed by atoms with van der Waals surface area (Å²) in [5, 5.41) is 13.7. The minimum Gasteiger partial charge on any atom is -0.386 e. The molecule has 0 unspecified atom stereocenters. The highest BCUT2D eigenvalue weighted by Crippen LogP contribution is 2.22. The van der Waals surface area contributed by atoms with Crippen molar-refractivity contribution in [2.45, 2.75) is 19.4 Å². The van der Waals surface area contributed by atoms with Gasteiger partial charge in [0.25, 0.3) is 0 Å². The van der Waals surface area contributed by atoms with Crippen LogP contribution in [0.25, 0.3) is 5.65 Å². The van der Waals surface area contributed by atoms with E-state index in [0.717, 1.165) is 0 Å². The van der Waals surface area contributed by atoms with E-state index in [2.05, 4.69) is 26.0 Å². The number of halogens is 2. The van der Waals surface area contributed by atoms with E-state index in [1.165, 1.54) is 10.6 Å². The summed E-state index contributed by atoms with van der Waals surface area (Å²) in [7, 11) is 0. The lowest BCUT2D eigenvalue weighted by Crippen LogP contribution is -2.17. The predicted octanol–water partition coefficient (Wildman–Crippen LogP) is 1.86. The van der Waals surface area contributed by atoms with E-state index in [0.29, 0.717) is 10.3 Å². The minimum absolute atomic E-state index is 0.134. The molecule has 0 bridgehead atoms. The Morgan fingerprint density at radius 1 is 1.53 bits per heavy atom. The van der Waals surface area contributed by atoms with Crippen LogP contribution in [0.2, 0.25) is 0 Å². The predicted molar refractivity (Wildman–Crippen MR) is 55.9 cm³/mol. The molecule has 0 fully saturated rings. The van der Waals surface area contributed by atoms with Crippen LogP contribution in [0.5, 0.6) is 0 Å². The van der Waals surface area contributed by atoms with E-state index in [9.17, 15) is 9.50 Å². The molecule has 1 N–H and O–H groups in total. The molecule has 0 radical (unpaired) electrons. The fourth-order valence-electron chi connectivity index (χ4n) is 1.25. The van der Waals surface area contributed by atoms with Crippen molar-refractivity contribution in [3.63, 3.8) is 0 Å². The Bertz CT molecular complexity index is 518. The molecule has 0 aromatic carbocycles. The fraction of sp³-hybridized carbons (Fsp3) is 0.333. The molecule has 2 aromatic heterocycles. The average Bonchev–Trinajstić information content (AvgIpc) is 2.44. The highest BCUT2D eigenvalue weighted by Gasteiger charge is 2.19. The van der Waals surface area contributed by atoms with Gasteiger partial charge in [0.2, 0.25) is 4.73 Å². The van der Waals surface area contributed by atoms with Gasteiger partial charge in [-0.05, 0) is 35.8 Å². The zero-order chi connectivity index (χ0) is 11.2. The molecular weight excluding hydrogens is 265 g/mol. The first-order chi connectivity index (χ1) is 6.88. The van der Waals surface area contributed by atoms with Crippen molar-refractivity contribution >= 4 is 21.6 Å². The van der Waals surface area contributed by atoms with Crippen molar-refractivity contribution in [2.75, 3.05) is 0 Å². The summed E-state index contributed by atoms with van der Waals surface area (Å²) in [6.45, 7) is 3.17. The van der Waals surface area contributed by atoms with Crippen molar-refractivity contribution in [1.82, 2.24) is 14.6 Å². The third kappa shape index (κ3) is 1.87. The highest BCUT2D eigenvalue weighted by atomic mass is 79.9. The topological polar surface area (TPSA) is 50.4 Å². The standard InChI is InChI=1S/C9H9BrFN3O/c1-9(2,15)5-3-6(11)7-12-8(10)13-14(7)4-5/h3-4,15H,1-2H3. The SMILES string of the molecule is CC(C)(O)c1cc(F)c2nc(Br)nn2c1. The molecule has 0 aliphatic carbocycles. The molecule has 0 aliphatic heterocycles. The lowest BCUT2D eigenvalue weighted by molar-refractivity contribution is 0.0777. The number of fused-ring (bicyclic) bond motifs is 1. The van der Waals surface area contributed by atoms with Crippen LogP contribution in [0.3, 0.4) is 0 Å². The van der Waals surface area contributed by atoms with Gasteiger partial charge in [0, 0.05) is 11.8 Å². The number of hydrogen-bond acceptors (Lipinski definition) is 3. The summed E-state index contributed by atoms with van der Waals surface area (Å²) in [6.07, 6.45) is 1.55. The van der Waals surface area contributed by atoms with Gasteiger partial charge in [-0.3, -0.25) is 0 Å². The zero-order valence-corrected chi connectivity index (χ0v) is 9.79. The van der Waals surface area contributed by atoms with Gasteiger partial charge >= 0.3 is 0 Å². The van der Waals surface area contributed by atoms with Crippen LogP contribution < -0.4 is 0 Å². The van der Waals surface area contributed by atoms with Crippen molar-refractivity contribution in [3.8, 4) is 0 Å². The van der Waals surface area contributed by atoms with E-state index >= 15 is 0 Å². The van der Waals surface area contributed by atoms with Crippen LogP contribution >= 0.6 is 15.9 Å². The molecule has 0 saturated carbocycles. The highest BCUT2D eigenvalue weighted by molar-refractivity contribution is 9.10. The van der Waals surface area contributed by atoms with Crippen LogP contribution in [0.4, 0.5) is 4.39 Å². The van der Waals surface area contributed by atoms with Crippen LogP contribution in [0.1, 0.15) is 19.4 Å². The maximum Gasteiger partial charge on any atom is 0.218 e. The van der Waals surface area contributed by atoms with Gasteiger partial charge in [0.05, 0.1) is 5.60 Å². The second kappa shape index (κ2) is 3.24. The summed E-state index contributed by atoms with van der Waals surface area (Å²) in [5.41, 5.74) is -0.521. The first-order valence-electron chi connectivity index (χ1n) is 4.32. The van der Waals surface area contributed by atoms with Gasteiger partial charge in [-0.25, -0.2) is 8.91 Å². The third-order valence-electron chi connectivity index (χ3n) is 2.07. The second-order valence-corrected chi connectivity index (χ2v) is 4.49. The van der Waals surface area contributed by atoms with Gasteiger partial charge in [0.1, 0.15) is 0 Å². The Kier molecular flexibility index (Phi) is 2.27. The van der Waals surface area contributed by atoms with E-state index in [4.69, 9.17) is 0 Å². The van der Waals surface area contributed by atoms with Crippen molar-refractivity contribution in [2.24, 2.45) is 0 Å². The molecule has 0 spiro atoms. The molecule has 0 atom stereocenters. The van der Waals surface area contributed by atoms with E-state index in [1.54, 1.807) is 20.0 Å². The largest absolute Gasteiger partial charge is 0.386 e. The first kappa shape index (κ1) is 10.5. The van der Waals surface area contributed by atoms with Crippen molar-refractivity contribution in [1.29, 1.82) is 0 Å². The molecule has 0 saturated heterocycles. The Hall–Kier alpha value is -1.01. The summed E-state index contributed by atoms with van der Waals surface area (Å²) < 4.78 is 15.1. The van der Waals surface area contributed by atoms with Crippen LogP contribution in [0.15, 0.2) is 17.0 Å². The molecule has 2 rings (SSSR count). The third-order valence-corrected chi connectivity index (χ3v) is 2.40. The lowest BCUT2D eigenvalue weighted by Gasteiger charge is -2.17. The normalized spacial score (nSPS) is 12.3. The molecule has 2 heterocycles. The monoisotopic (exact) mass is 273 g/mol. The Labute approximate surface area is 93.9 Å². The number of aromatic nitrogens is 3. The summed E-state index contributed by atoms with van der Waals surface area (Å²) in [6, 6.07) is 1.26. The fourth-order valence-corrected chi connectivity index (χ4v) is 1.59. The summed E-state index contributed by atoms with van der Waals surface area (Å²) >= 11 is 3.06. The Balaban J connectivity index is 2.72. The number of pyridine rings is 1. The minimum atomic E-state index is -1.10. The van der Waals surface area contributed by atoms with Crippen LogP contribution in [-0.4, -0.2) is 19.7 Å². The smallest absolute Gasteiger partial charge is 0.218 e. The zero-order valence-electron chi connectivity index (χ0n) is 8.20. The molecule has 15 heavy (non-hydrogen) atoms. The lowest BCUT2D eigenvalue weighted by atomic mass is 10.0. The van der Waals surface area contributed by atoms with Gasteiger partial charge in [-0.15, -0.1) is 5.10 Å². The quantitative estimate of drug-likeness (QED) is 0.863. The van der Waals surface area contributed by atoms with Crippen LogP contribution in [-0.2, 0) is 5.60 Å². The maximum absolute atomic E-state index is 13.5. The first-order valence-corrected chi connectivity index (χ1v) is 5.11. The van der Waals surface area contributed by atoms with Gasteiger partial charge in [-0.1, -0.05) is 0 Å². The number of hydrogen-bond donors (Lipinski definition) is 1. The summed E-state index contributed by atoms with van der Waals surface area (Å²) in [5.74, 6) is -0.507. The number of nitrogens with zero attached hydrogens (tertiary/aromatic N) is 3.